The van der Waals surface area contributed by atoms with Gasteiger partial charge in [0.1, 0.15) is 17.2 Å². The van der Waals surface area contributed by atoms with E-state index >= 15 is 0 Å². The van der Waals surface area contributed by atoms with Crippen molar-refractivity contribution in [3.05, 3.63) is 53.5 Å². The van der Waals surface area contributed by atoms with E-state index in [9.17, 15) is 23.9 Å². The SMILES string of the molecule is CC(C)NC(=O)CN1CCN(c2ncc(NC(=O)c3ccc(F)cc3)cc2C(=O)O)CC1. The van der Waals surface area contributed by atoms with Gasteiger partial charge in [0, 0.05) is 37.8 Å². The van der Waals surface area contributed by atoms with E-state index in [0.717, 1.165) is 0 Å². The minimum atomic E-state index is -1.16. The van der Waals surface area contributed by atoms with Crippen molar-refractivity contribution in [2.24, 2.45) is 0 Å². The van der Waals surface area contributed by atoms with Crippen molar-refractivity contribution in [3.8, 4) is 0 Å². The van der Waals surface area contributed by atoms with Crippen molar-refractivity contribution < 1.29 is 23.9 Å². The van der Waals surface area contributed by atoms with Gasteiger partial charge < -0.3 is 20.6 Å². The molecule has 2 aromatic rings. The predicted octanol–water partition coefficient (Wildman–Crippen LogP) is 1.82. The van der Waals surface area contributed by atoms with Gasteiger partial charge in [0.25, 0.3) is 5.91 Å². The molecule has 0 atom stereocenters. The van der Waals surface area contributed by atoms with Crippen LogP contribution in [-0.4, -0.2) is 71.5 Å². The largest absolute Gasteiger partial charge is 0.478 e. The van der Waals surface area contributed by atoms with Crippen LogP contribution in [0.25, 0.3) is 0 Å². The summed E-state index contributed by atoms with van der Waals surface area (Å²) in [7, 11) is 0. The highest BCUT2D eigenvalue weighted by molar-refractivity contribution is 6.05. The molecule has 0 saturated carbocycles. The number of aromatic nitrogens is 1. The van der Waals surface area contributed by atoms with Gasteiger partial charge in [-0.1, -0.05) is 0 Å². The first kappa shape index (κ1) is 23.1. The summed E-state index contributed by atoms with van der Waals surface area (Å²) in [6, 6.07) is 6.45. The van der Waals surface area contributed by atoms with Crippen molar-refractivity contribution in [1.29, 1.82) is 0 Å². The molecule has 1 aromatic heterocycles. The van der Waals surface area contributed by atoms with Crippen LogP contribution in [0.5, 0.6) is 0 Å². The van der Waals surface area contributed by atoms with Crippen LogP contribution >= 0.6 is 0 Å². The van der Waals surface area contributed by atoms with Gasteiger partial charge in [-0.05, 0) is 44.2 Å². The third-order valence-electron chi connectivity index (χ3n) is 4.95. The van der Waals surface area contributed by atoms with Crippen LogP contribution in [-0.2, 0) is 4.79 Å². The van der Waals surface area contributed by atoms with Crippen LogP contribution < -0.4 is 15.5 Å². The number of carboxylic acid groups (broad SMARTS) is 1. The Bertz CT molecular complexity index is 988. The van der Waals surface area contributed by atoms with Gasteiger partial charge in [-0.2, -0.15) is 0 Å². The molecule has 1 saturated heterocycles. The second-order valence-corrected chi connectivity index (χ2v) is 7.85. The van der Waals surface area contributed by atoms with E-state index in [2.05, 4.69) is 15.6 Å². The van der Waals surface area contributed by atoms with Crippen molar-refractivity contribution in [3.63, 3.8) is 0 Å². The van der Waals surface area contributed by atoms with Crippen LogP contribution in [0.3, 0.4) is 0 Å². The maximum Gasteiger partial charge on any atom is 0.339 e. The lowest BCUT2D eigenvalue weighted by Crippen LogP contribution is -2.50. The highest BCUT2D eigenvalue weighted by atomic mass is 19.1. The average molecular weight is 443 g/mol. The molecule has 3 rings (SSSR count). The third-order valence-corrected chi connectivity index (χ3v) is 4.95. The first-order chi connectivity index (χ1) is 15.2. The predicted molar refractivity (Wildman–Crippen MR) is 117 cm³/mol. The second kappa shape index (κ2) is 10.2. The summed E-state index contributed by atoms with van der Waals surface area (Å²) in [5, 5.41) is 15.1. The number of anilines is 2. The summed E-state index contributed by atoms with van der Waals surface area (Å²) in [5.41, 5.74) is 0.433. The monoisotopic (exact) mass is 443 g/mol. The van der Waals surface area contributed by atoms with Gasteiger partial charge in [-0.25, -0.2) is 14.2 Å². The quantitative estimate of drug-likeness (QED) is 0.598. The summed E-state index contributed by atoms with van der Waals surface area (Å²) in [6.07, 6.45) is 1.39. The molecule has 2 heterocycles. The number of hydrogen-bond acceptors (Lipinski definition) is 6. The molecule has 3 N–H and O–H groups in total. The maximum absolute atomic E-state index is 13.0. The molecule has 1 aliphatic rings. The second-order valence-electron chi connectivity index (χ2n) is 7.85. The van der Waals surface area contributed by atoms with Gasteiger partial charge in [0.2, 0.25) is 5.91 Å². The van der Waals surface area contributed by atoms with Crippen molar-refractivity contribution in [2.75, 3.05) is 42.9 Å². The molecule has 170 valence electrons. The minimum absolute atomic E-state index is 0.0343. The van der Waals surface area contributed by atoms with E-state index < -0.39 is 17.7 Å². The molecule has 1 aromatic carbocycles. The number of carbonyl (C=O) groups is 3. The molecule has 0 radical (unpaired) electrons. The van der Waals surface area contributed by atoms with E-state index in [1.807, 2.05) is 23.6 Å². The minimum Gasteiger partial charge on any atom is -0.478 e. The molecule has 0 aliphatic carbocycles. The Balaban J connectivity index is 1.66. The standard InChI is InChI=1S/C22H26FN5O4/c1-14(2)25-19(29)13-27-7-9-28(10-8-27)20-18(22(31)32)11-17(12-24-20)26-21(30)15-3-5-16(23)6-4-15/h3-6,11-12,14H,7-10,13H2,1-2H3,(H,25,29)(H,26,30)(H,31,32). The number of carbonyl (C=O) groups excluding carboxylic acids is 2. The van der Waals surface area contributed by atoms with Crippen LogP contribution in [0.15, 0.2) is 36.5 Å². The Kier molecular flexibility index (Phi) is 7.37. The number of nitrogens with one attached hydrogen (secondary N) is 2. The molecule has 2 amide bonds. The molecule has 0 unspecified atom stereocenters. The van der Waals surface area contributed by atoms with Crippen molar-refractivity contribution >= 4 is 29.3 Å². The van der Waals surface area contributed by atoms with Crippen LogP contribution in [0, 0.1) is 5.82 Å². The Morgan fingerprint density at radius 1 is 1.12 bits per heavy atom. The summed E-state index contributed by atoms with van der Waals surface area (Å²) in [6.45, 7) is 6.32. The van der Waals surface area contributed by atoms with Gasteiger partial charge in [0.05, 0.1) is 18.4 Å². The number of pyridine rings is 1. The van der Waals surface area contributed by atoms with E-state index in [1.165, 1.54) is 36.5 Å². The Hall–Kier alpha value is -3.53. The van der Waals surface area contributed by atoms with Crippen LogP contribution in [0.2, 0.25) is 0 Å². The lowest BCUT2D eigenvalue weighted by Gasteiger charge is -2.35. The Morgan fingerprint density at radius 2 is 1.78 bits per heavy atom. The Morgan fingerprint density at radius 3 is 2.38 bits per heavy atom. The Labute approximate surface area is 185 Å². The normalized spacial score (nSPS) is 14.3. The molecule has 10 heteroatoms. The number of amides is 2. The van der Waals surface area contributed by atoms with E-state index in [-0.39, 0.29) is 28.8 Å². The zero-order chi connectivity index (χ0) is 23.3. The van der Waals surface area contributed by atoms with Crippen molar-refractivity contribution in [2.45, 2.75) is 19.9 Å². The number of rotatable bonds is 7. The fourth-order valence-electron chi connectivity index (χ4n) is 3.43. The first-order valence-corrected chi connectivity index (χ1v) is 10.3. The molecule has 1 aliphatic heterocycles. The van der Waals surface area contributed by atoms with Crippen LogP contribution in [0.1, 0.15) is 34.6 Å². The zero-order valence-corrected chi connectivity index (χ0v) is 18.0. The lowest BCUT2D eigenvalue weighted by atomic mass is 10.2. The molecule has 32 heavy (non-hydrogen) atoms. The summed E-state index contributed by atoms with van der Waals surface area (Å²) in [5.74, 6) is -1.85. The number of halogens is 1. The van der Waals surface area contributed by atoms with Gasteiger partial charge in [-0.15, -0.1) is 0 Å². The van der Waals surface area contributed by atoms with E-state index in [4.69, 9.17) is 0 Å². The number of aromatic carboxylic acids is 1. The number of piperazine rings is 1. The van der Waals surface area contributed by atoms with Crippen molar-refractivity contribution in [1.82, 2.24) is 15.2 Å². The lowest BCUT2D eigenvalue weighted by molar-refractivity contribution is -0.122. The fourth-order valence-corrected chi connectivity index (χ4v) is 3.43. The number of nitrogens with zero attached hydrogens (tertiary/aromatic N) is 3. The van der Waals surface area contributed by atoms with Crippen LogP contribution in [0.4, 0.5) is 15.9 Å². The highest BCUT2D eigenvalue weighted by Crippen LogP contribution is 2.23. The molecular formula is C22H26FN5O4. The number of benzene rings is 1. The zero-order valence-electron chi connectivity index (χ0n) is 18.0. The molecular weight excluding hydrogens is 417 g/mol. The molecule has 0 spiro atoms. The molecule has 9 nitrogen and oxygen atoms in total. The summed E-state index contributed by atoms with van der Waals surface area (Å²) in [4.78, 5) is 44.3. The van der Waals surface area contributed by atoms with E-state index in [0.29, 0.717) is 38.5 Å². The first-order valence-electron chi connectivity index (χ1n) is 10.3. The van der Waals surface area contributed by atoms with Gasteiger partial charge in [-0.3, -0.25) is 14.5 Å². The third kappa shape index (κ3) is 6.01. The maximum atomic E-state index is 13.0. The van der Waals surface area contributed by atoms with E-state index in [1.54, 1.807) is 0 Å². The number of hydrogen-bond donors (Lipinski definition) is 3. The highest BCUT2D eigenvalue weighted by Gasteiger charge is 2.24. The summed E-state index contributed by atoms with van der Waals surface area (Å²) >= 11 is 0. The smallest absolute Gasteiger partial charge is 0.339 e. The average Bonchev–Trinajstić information content (AvgIpc) is 2.74. The fraction of sp³-hybridized carbons (Fsp3) is 0.364. The molecule has 1 fully saturated rings. The number of carboxylic acids is 1. The molecule has 0 bridgehead atoms. The van der Waals surface area contributed by atoms with Gasteiger partial charge >= 0.3 is 5.97 Å². The van der Waals surface area contributed by atoms with Gasteiger partial charge in [0.15, 0.2) is 0 Å². The topological polar surface area (TPSA) is 115 Å². The summed E-state index contributed by atoms with van der Waals surface area (Å²) < 4.78 is 13.0.